The number of dihydropyridines is 1. The maximum Gasteiger partial charge on any atom is 0.122 e. The van der Waals surface area contributed by atoms with Crippen molar-refractivity contribution in [3.05, 3.63) is 23.7 Å². The summed E-state index contributed by atoms with van der Waals surface area (Å²) in [5, 5.41) is 3.27. The summed E-state index contributed by atoms with van der Waals surface area (Å²) < 4.78 is 11.2. The second kappa shape index (κ2) is 8.26. The number of allylic oxidation sites excluding steroid dienone is 1. The van der Waals surface area contributed by atoms with Crippen molar-refractivity contribution in [3.63, 3.8) is 0 Å². The normalized spacial score (nSPS) is 23.5. The molecule has 6 heteroatoms. The van der Waals surface area contributed by atoms with Crippen molar-refractivity contribution in [1.29, 1.82) is 0 Å². The molecule has 0 aromatic rings. The fourth-order valence-corrected chi connectivity index (χ4v) is 2.63. The van der Waals surface area contributed by atoms with E-state index in [1.807, 2.05) is 6.08 Å². The average Bonchev–Trinajstić information content (AvgIpc) is 2.49. The summed E-state index contributed by atoms with van der Waals surface area (Å²) in [6.45, 7) is 11.5. The zero-order chi connectivity index (χ0) is 15.1. The van der Waals surface area contributed by atoms with E-state index in [4.69, 9.17) is 15.2 Å². The van der Waals surface area contributed by atoms with Gasteiger partial charge in [0.05, 0.1) is 13.2 Å². The largest absolute Gasteiger partial charge is 0.492 e. The Balaban J connectivity index is 1.82. The fraction of sp³-hybridized carbons (Fsp3) is 0.733. The fourth-order valence-electron chi connectivity index (χ4n) is 2.63. The monoisotopic (exact) mass is 296 g/mol. The van der Waals surface area contributed by atoms with Crippen LogP contribution in [0.15, 0.2) is 23.7 Å². The Labute approximate surface area is 127 Å². The van der Waals surface area contributed by atoms with Gasteiger partial charge in [-0.2, -0.15) is 0 Å². The van der Waals surface area contributed by atoms with Crippen molar-refractivity contribution >= 4 is 0 Å². The van der Waals surface area contributed by atoms with E-state index in [1.165, 1.54) is 0 Å². The van der Waals surface area contributed by atoms with Crippen LogP contribution in [-0.4, -0.2) is 68.5 Å². The minimum atomic E-state index is 0.114. The maximum atomic E-state index is 5.95. The van der Waals surface area contributed by atoms with Gasteiger partial charge in [-0.15, -0.1) is 0 Å². The molecule has 1 fully saturated rings. The van der Waals surface area contributed by atoms with Gasteiger partial charge in [-0.25, -0.2) is 0 Å². The highest BCUT2D eigenvalue weighted by Gasteiger charge is 2.18. The molecule has 6 nitrogen and oxygen atoms in total. The minimum absolute atomic E-state index is 0.114. The second-order valence-corrected chi connectivity index (χ2v) is 5.28. The summed E-state index contributed by atoms with van der Waals surface area (Å²) in [5.74, 6) is 1.52. The van der Waals surface area contributed by atoms with Crippen LogP contribution < -0.4 is 11.1 Å². The molecule has 3 N–H and O–H groups in total. The number of nitrogens with one attached hydrogen (secondary N) is 1. The summed E-state index contributed by atoms with van der Waals surface area (Å²) in [7, 11) is 0. The first-order chi connectivity index (χ1) is 10.2. The number of morpholine rings is 1. The second-order valence-electron chi connectivity index (χ2n) is 5.28. The van der Waals surface area contributed by atoms with Crippen molar-refractivity contribution in [1.82, 2.24) is 15.1 Å². The van der Waals surface area contributed by atoms with Gasteiger partial charge < -0.3 is 20.5 Å². The van der Waals surface area contributed by atoms with E-state index < -0.39 is 0 Å². The third-order valence-electron chi connectivity index (χ3n) is 3.92. The quantitative estimate of drug-likeness (QED) is 0.704. The van der Waals surface area contributed by atoms with Gasteiger partial charge in [0.25, 0.3) is 0 Å². The first kappa shape index (κ1) is 16.1. The van der Waals surface area contributed by atoms with Gasteiger partial charge in [-0.05, 0) is 19.2 Å². The molecule has 0 amide bonds. The van der Waals surface area contributed by atoms with Crippen molar-refractivity contribution in [2.24, 2.45) is 5.73 Å². The molecular weight excluding hydrogens is 268 g/mol. The van der Waals surface area contributed by atoms with Crippen molar-refractivity contribution in [3.8, 4) is 0 Å². The first-order valence-corrected chi connectivity index (χ1v) is 7.85. The first-order valence-electron chi connectivity index (χ1n) is 7.85. The van der Waals surface area contributed by atoms with E-state index in [0.29, 0.717) is 12.4 Å². The molecule has 21 heavy (non-hydrogen) atoms. The molecule has 0 aromatic heterocycles. The van der Waals surface area contributed by atoms with Crippen LogP contribution in [0.2, 0.25) is 0 Å². The van der Waals surface area contributed by atoms with E-state index in [1.54, 1.807) is 0 Å². The smallest absolute Gasteiger partial charge is 0.122 e. The Kier molecular flexibility index (Phi) is 6.35. The SMILES string of the molecule is CCN(CC)C1C=C(OCCN2CCOCC2)C=C(N)N1. The minimum Gasteiger partial charge on any atom is -0.492 e. The maximum absolute atomic E-state index is 5.95. The highest BCUT2D eigenvalue weighted by Crippen LogP contribution is 2.12. The Morgan fingerprint density at radius 3 is 2.76 bits per heavy atom. The molecule has 0 bridgehead atoms. The van der Waals surface area contributed by atoms with Crippen LogP contribution in [0.1, 0.15) is 13.8 Å². The van der Waals surface area contributed by atoms with Gasteiger partial charge in [0.2, 0.25) is 0 Å². The third-order valence-corrected chi connectivity index (χ3v) is 3.92. The molecule has 0 saturated carbocycles. The van der Waals surface area contributed by atoms with E-state index >= 15 is 0 Å². The molecule has 0 spiro atoms. The lowest BCUT2D eigenvalue weighted by molar-refractivity contribution is 0.0278. The van der Waals surface area contributed by atoms with Crippen LogP contribution in [0.5, 0.6) is 0 Å². The van der Waals surface area contributed by atoms with Crippen LogP contribution in [0.4, 0.5) is 0 Å². The molecule has 2 heterocycles. The standard InChI is InChI=1S/C15H28N4O2/c1-3-19(4-2)15-12-13(11-14(16)17-15)21-10-7-18-5-8-20-9-6-18/h11-12,15,17H,3-10,16H2,1-2H3. The highest BCUT2D eigenvalue weighted by molar-refractivity contribution is 5.23. The molecule has 2 aliphatic heterocycles. The number of nitrogens with zero attached hydrogens (tertiary/aromatic N) is 2. The summed E-state index contributed by atoms with van der Waals surface area (Å²) >= 11 is 0. The van der Waals surface area contributed by atoms with Gasteiger partial charge in [0, 0.05) is 25.7 Å². The van der Waals surface area contributed by atoms with E-state index in [9.17, 15) is 0 Å². The molecular formula is C15H28N4O2. The molecule has 120 valence electrons. The number of hydrogen-bond donors (Lipinski definition) is 2. The van der Waals surface area contributed by atoms with Gasteiger partial charge >= 0.3 is 0 Å². The Morgan fingerprint density at radius 1 is 1.38 bits per heavy atom. The molecule has 1 saturated heterocycles. The lowest BCUT2D eigenvalue weighted by Gasteiger charge is -2.32. The van der Waals surface area contributed by atoms with Gasteiger partial charge in [0.1, 0.15) is 24.4 Å². The predicted molar refractivity (Wildman–Crippen MR) is 83.4 cm³/mol. The number of nitrogens with two attached hydrogens (primary N) is 1. The van der Waals surface area contributed by atoms with E-state index in [-0.39, 0.29) is 6.17 Å². The number of likely N-dealkylation sites (N-methyl/N-ethyl adjacent to an activating group) is 1. The van der Waals surface area contributed by atoms with E-state index in [0.717, 1.165) is 51.7 Å². The lowest BCUT2D eigenvalue weighted by Crippen LogP contribution is -2.47. The van der Waals surface area contributed by atoms with E-state index in [2.05, 4.69) is 35.0 Å². The third kappa shape index (κ3) is 4.91. The topological polar surface area (TPSA) is 63.0 Å². The molecule has 0 aliphatic carbocycles. The molecule has 0 aromatic carbocycles. The average molecular weight is 296 g/mol. The van der Waals surface area contributed by atoms with Gasteiger partial charge in [-0.3, -0.25) is 9.80 Å². The summed E-state index contributed by atoms with van der Waals surface area (Å²) in [6.07, 6.45) is 4.07. The Morgan fingerprint density at radius 2 is 2.10 bits per heavy atom. The summed E-state index contributed by atoms with van der Waals surface area (Å²) in [6, 6.07) is 0. The molecule has 0 radical (unpaired) electrons. The van der Waals surface area contributed by atoms with Crippen LogP contribution >= 0.6 is 0 Å². The number of ether oxygens (including phenoxy) is 2. The molecule has 2 rings (SSSR count). The highest BCUT2D eigenvalue weighted by atomic mass is 16.5. The summed E-state index contributed by atoms with van der Waals surface area (Å²) in [4.78, 5) is 4.66. The van der Waals surface area contributed by atoms with Crippen molar-refractivity contribution in [2.45, 2.75) is 20.0 Å². The van der Waals surface area contributed by atoms with Crippen LogP contribution in [0, 0.1) is 0 Å². The zero-order valence-electron chi connectivity index (χ0n) is 13.2. The Bertz CT molecular complexity index is 374. The molecule has 1 unspecified atom stereocenters. The zero-order valence-corrected chi connectivity index (χ0v) is 13.2. The van der Waals surface area contributed by atoms with Gasteiger partial charge in [-0.1, -0.05) is 13.8 Å². The number of hydrogen-bond acceptors (Lipinski definition) is 6. The van der Waals surface area contributed by atoms with Crippen molar-refractivity contribution in [2.75, 3.05) is 52.5 Å². The van der Waals surface area contributed by atoms with Crippen LogP contribution in [-0.2, 0) is 9.47 Å². The Hall–Kier alpha value is -1.24. The summed E-state index contributed by atoms with van der Waals surface area (Å²) in [5.41, 5.74) is 5.95. The number of rotatable bonds is 7. The van der Waals surface area contributed by atoms with Crippen molar-refractivity contribution < 1.29 is 9.47 Å². The van der Waals surface area contributed by atoms with Crippen LogP contribution in [0.3, 0.4) is 0 Å². The lowest BCUT2D eigenvalue weighted by atomic mass is 10.2. The molecule has 1 atom stereocenters. The predicted octanol–water partition coefficient (Wildman–Crippen LogP) is 0.290. The molecule has 2 aliphatic rings. The van der Waals surface area contributed by atoms with Crippen LogP contribution in [0.25, 0.3) is 0 Å². The van der Waals surface area contributed by atoms with Gasteiger partial charge in [0.15, 0.2) is 0 Å².